The fourth-order valence-corrected chi connectivity index (χ4v) is 9.19. The second-order valence-corrected chi connectivity index (χ2v) is 16.0. The van der Waals surface area contributed by atoms with Crippen molar-refractivity contribution < 1.29 is 28.7 Å². The Morgan fingerprint density at radius 2 is 1.64 bits per heavy atom. The van der Waals surface area contributed by atoms with E-state index in [0.717, 1.165) is 104 Å². The molecule has 0 bridgehead atoms. The molecule has 7 heterocycles. The number of rotatable bonds is 9. The first-order valence-electron chi connectivity index (χ1n) is 20.3. The van der Waals surface area contributed by atoms with Gasteiger partial charge in [0.2, 0.25) is 11.8 Å². The van der Waals surface area contributed by atoms with Crippen molar-refractivity contribution in [2.75, 3.05) is 71.4 Å². The molecule has 3 aromatic rings. The summed E-state index contributed by atoms with van der Waals surface area (Å²) >= 11 is 0. The Kier molecular flexibility index (Phi) is 11.0. The van der Waals surface area contributed by atoms with Gasteiger partial charge in [-0.1, -0.05) is 0 Å². The molecule has 3 saturated heterocycles. The monoisotopic (exact) mass is 793 g/mol. The summed E-state index contributed by atoms with van der Waals surface area (Å²) < 4.78 is 7.44. The van der Waals surface area contributed by atoms with Gasteiger partial charge in [0, 0.05) is 94.6 Å². The lowest BCUT2D eigenvalue weighted by molar-refractivity contribution is -0.136. The number of hydrogen-bond donors (Lipinski definition) is 2. The van der Waals surface area contributed by atoms with Crippen LogP contribution in [0.25, 0.3) is 11.1 Å². The minimum Gasteiger partial charge on any atom is -0.495 e. The fourth-order valence-electron chi connectivity index (χ4n) is 9.19. The Morgan fingerprint density at radius 1 is 0.879 bits per heavy atom. The quantitative estimate of drug-likeness (QED) is 0.304. The molecule has 58 heavy (non-hydrogen) atoms. The number of likely N-dealkylation sites (tertiary alicyclic amines) is 1. The van der Waals surface area contributed by atoms with Gasteiger partial charge in [-0.15, -0.1) is 0 Å². The summed E-state index contributed by atoms with van der Waals surface area (Å²) in [4.78, 5) is 90.6. The number of hydrogen-bond acceptors (Lipinski definition) is 11. The Bertz CT molecular complexity index is 2210. The lowest BCUT2D eigenvalue weighted by Gasteiger charge is -2.37. The Hall–Kier alpha value is -5.61. The largest absolute Gasteiger partial charge is 0.495 e. The van der Waals surface area contributed by atoms with Crippen molar-refractivity contribution >= 4 is 35.3 Å². The third-order valence-corrected chi connectivity index (χ3v) is 12.6. The van der Waals surface area contributed by atoms with Crippen molar-refractivity contribution in [3.63, 3.8) is 0 Å². The molecule has 16 nitrogen and oxygen atoms in total. The van der Waals surface area contributed by atoms with Crippen molar-refractivity contribution in [2.45, 2.75) is 57.7 Å². The number of fused-ring (bicyclic) bond motifs is 2. The van der Waals surface area contributed by atoms with Crippen molar-refractivity contribution in [1.82, 2.24) is 39.8 Å². The summed E-state index contributed by atoms with van der Waals surface area (Å²) in [6.45, 7) is 7.94. The van der Waals surface area contributed by atoms with Gasteiger partial charge in [-0.25, -0.2) is 4.79 Å². The predicted molar refractivity (Wildman–Crippen MR) is 214 cm³/mol. The molecule has 2 N–H and O–H groups in total. The van der Waals surface area contributed by atoms with Crippen LogP contribution in [0.1, 0.15) is 69.6 Å². The second kappa shape index (κ2) is 16.3. The zero-order valence-electron chi connectivity index (χ0n) is 33.4. The number of ether oxygens (including phenoxy) is 1. The zero-order chi connectivity index (χ0) is 40.7. The highest BCUT2D eigenvalue weighted by atomic mass is 16.5. The van der Waals surface area contributed by atoms with E-state index in [-0.39, 0.29) is 31.0 Å². The number of urea groups is 1. The van der Waals surface area contributed by atoms with E-state index in [1.165, 1.54) is 0 Å². The Morgan fingerprint density at radius 3 is 2.36 bits per heavy atom. The van der Waals surface area contributed by atoms with Crippen LogP contribution in [0.3, 0.4) is 0 Å². The Balaban J connectivity index is 0.813. The highest BCUT2D eigenvalue weighted by Gasteiger charge is 2.45. The van der Waals surface area contributed by atoms with Gasteiger partial charge >= 0.3 is 6.03 Å². The van der Waals surface area contributed by atoms with Crippen LogP contribution >= 0.6 is 0 Å². The van der Waals surface area contributed by atoms with Crippen LogP contribution in [0.5, 0.6) is 5.75 Å². The van der Waals surface area contributed by atoms with Crippen LogP contribution in [0.2, 0.25) is 0 Å². The van der Waals surface area contributed by atoms with Crippen LogP contribution in [-0.2, 0) is 36.1 Å². The van der Waals surface area contributed by atoms with E-state index in [9.17, 15) is 28.8 Å². The number of imide groups is 2. The lowest BCUT2D eigenvalue weighted by atomic mass is 9.92. The molecule has 6 amide bonds. The number of amides is 6. The molecular formula is C42H51N9O7. The van der Waals surface area contributed by atoms with Crippen molar-refractivity contribution in [1.29, 1.82) is 0 Å². The van der Waals surface area contributed by atoms with Crippen molar-refractivity contribution in [3.05, 3.63) is 75.0 Å². The predicted octanol–water partition coefficient (Wildman–Crippen LogP) is 1.98. The molecule has 8 rings (SSSR count). The maximum atomic E-state index is 13.3. The average Bonchev–Trinajstić information content (AvgIpc) is 3.49. The van der Waals surface area contributed by atoms with E-state index in [0.29, 0.717) is 42.1 Å². The number of anilines is 1. The van der Waals surface area contributed by atoms with E-state index in [2.05, 4.69) is 25.3 Å². The summed E-state index contributed by atoms with van der Waals surface area (Å²) in [5.41, 5.74) is 5.71. The third kappa shape index (κ3) is 7.57. The highest BCUT2D eigenvalue weighted by molar-refractivity contribution is 6.23. The van der Waals surface area contributed by atoms with Crippen LogP contribution in [0.4, 0.5) is 10.5 Å². The first kappa shape index (κ1) is 39.2. The minimum absolute atomic E-state index is 0.0929. The molecule has 3 fully saturated rings. The molecule has 1 unspecified atom stereocenters. The number of carbonyl (C=O) groups excluding carboxylic acids is 5. The maximum Gasteiger partial charge on any atom is 0.317 e. The van der Waals surface area contributed by atoms with Gasteiger partial charge in [-0.3, -0.25) is 49.0 Å². The molecule has 2 aromatic heterocycles. The van der Waals surface area contributed by atoms with Gasteiger partial charge in [-0.05, 0) is 87.5 Å². The van der Waals surface area contributed by atoms with Crippen LogP contribution in [-0.4, -0.2) is 131 Å². The van der Waals surface area contributed by atoms with E-state index >= 15 is 0 Å². The van der Waals surface area contributed by atoms with Crippen LogP contribution in [0, 0.1) is 5.92 Å². The number of carbonyl (C=O) groups is 5. The zero-order valence-corrected chi connectivity index (χ0v) is 33.4. The van der Waals surface area contributed by atoms with E-state index in [1.54, 1.807) is 42.8 Å². The number of nitrogens with zero attached hydrogens (tertiary/aromatic N) is 7. The number of benzene rings is 1. The summed E-state index contributed by atoms with van der Waals surface area (Å²) in [5, 5.41) is 4.91. The summed E-state index contributed by atoms with van der Waals surface area (Å²) in [7, 11) is 5.00. The molecule has 16 heteroatoms. The number of aryl methyl sites for hydroxylation is 1. The van der Waals surface area contributed by atoms with Crippen LogP contribution in [0.15, 0.2) is 41.5 Å². The smallest absolute Gasteiger partial charge is 0.317 e. The second-order valence-electron chi connectivity index (χ2n) is 16.0. The number of aromatic nitrogens is 2. The average molecular weight is 794 g/mol. The molecule has 1 aromatic carbocycles. The van der Waals surface area contributed by atoms with Gasteiger partial charge in [0.25, 0.3) is 17.4 Å². The standard InChI is InChI=1S/C42H51N9O7/c1-43-42(57)50-15-11-29-32(23-46(2)39(54)33(29)24-50)27-20-36(58-3)34(44-22-27)25-48-13-9-26(10-14-48)8-12-47-16-18-49(19-17-47)28-4-5-30-31(21-28)41(56)51(40(30)55)35-6-7-37(52)45-38(35)53/h4-5,20-23,26,35H,6-19,24-25H2,1-3H3,(H,43,57)(H,45,52,53). The molecule has 5 aliphatic heterocycles. The van der Waals surface area contributed by atoms with Crippen molar-refractivity contribution in [3.8, 4) is 16.9 Å². The molecule has 0 spiro atoms. The summed E-state index contributed by atoms with van der Waals surface area (Å²) in [6.07, 6.45) is 7.93. The molecule has 0 saturated carbocycles. The van der Waals surface area contributed by atoms with Gasteiger partial charge in [0.05, 0.1) is 30.5 Å². The fraction of sp³-hybridized carbons (Fsp3) is 0.500. The first-order valence-corrected chi connectivity index (χ1v) is 20.3. The third-order valence-electron chi connectivity index (χ3n) is 12.6. The highest BCUT2D eigenvalue weighted by Crippen LogP contribution is 2.34. The van der Waals surface area contributed by atoms with Gasteiger partial charge in [0.15, 0.2) is 0 Å². The SMILES string of the molecule is CNC(=O)N1CCc2c(-c3cnc(CN4CCC(CCN5CCN(c6ccc7c(c6)C(=O)N(C6CCC(=O)NC6=O)C7=O)CC5)CC4)c(OC)c3)cn(C)c(=O)c2C1. The Labute approximate surface area is 337 Å². The molecule has 1 atom stereocenters. The topological polar surface area (TPSA) is 170 Å². The number of pyridine rings is 2. The van der Waals surface area contributed by atoms with E-state index < -0.39 is 29.7 Å². The van der Waals surface area contributed by atoms with Crippen molar-refractivity contribution in [2.24, 2.45) is 13.0 Å². The molecular weight excluding hydrogens is 743 g/mol. The molecule has 0 radical (unpaired) electrons. The van der Waals surface area contributed by atoms with Crippen LogP contribution < -0.4 is 25.8 Å². The van der Waals surface area contributed by atoms with Gasteiger partial charge in [-0.2, -0.15) is 0 Å². The normalized spacial score (nSPS) is 20.6. The van der Waals surface area contributed by atoms with E-state index in [4.69, 9.17) is 9.72 Å². The number of piperidine rings is 2. The maximum absolute atomic E-state index is 13.3. The molecule has 306 valence electrons. The molecule has 5 aliphatic rings. The number of piperazine rings is 1. The summed E-state index contributed by atoms with van der Waals surface area (Å²) in [5.74, 6) is -0.598. The van der Waals surface area contributed by atoms with Gasteiger partial charge in [0.1, 0.15) is 11.8 Å². The summed E-state index contributed by atoms with van der Waals surface area (Å²) in [6, 6.07) is 6.19. The van der Waals surface area contributed by atoms with E-state index in [1.807, 2.05) is 24.5 Å². The number of methoxy groups -OCH3 is 1. The molecule has 0 aliphatic carbocycles. The lowest BCUT2D eigenvalue weighted by Crippen LogP contribution is -2.54. The van der Waals surface area contributed by atoms with Gasteiger partial charge < -0.3 is 24.4 Å². The first-order chi connectivity index (χ1) is 28.0. The number of nitrogens with one attached hydrogen (secondary N) is 2. The minimum atomic E-state index is -0.971.